The highest BCUT2D eigenvalue weighted by atomic mass is 16.5. The maximum absolute atomic E-state index is 12.1. The van der Waals surface area contributed by atoms with Crippen LogP contribution in [0.4, 0.5) is 17.3 Å². The summed E-state index contributed by atoms with van der Waals surface area (Å²) in [6.45, 7) is 3.24. The third-order valence-electron chi connectivity index (χ3n) is 4.72. The molecule has 4 rings (SSSR count). The van der Waals surface area contributed by atoms with E-state index >= 15 is 0 Å². The largest absolute Gasteiger partial charge is 0.378 e. The van der Waals surface area contributed by atoms with Gasteiger partial charge in [0, 0.05) is 46.7 Å². The lowest BCUT2D eigenvalue weighted by Gasteiger charge is -2.28. The molecule has 1 amide bonds. The van der Waals surface area contributed by atoms with E-state index in [4.69, 9.17) is 10.3 Å². The molecule has 1 saturated heterocycles. The van der Waals surface area contributed by atoms with Crippen LogP contribution in [-0.2, 0) is 4.74 Å². The van der Waals surface area contributed by atoms with Crippen molar-refractivity contribution in [3.05, 3.63) is 76.8 Å². The molecule has 0 spiro atoms. The van der Waals surface area contributed by atoms with E-state index < -0.39 is 5.91 Å². The standard InChI is InChI=1S/C21H19N7O2/c22-27-26-20(29)18-4-2-1-3-17(18)19-9-10-23-21(25-19)24-15-5-7-16(8-6-15)28-11-13-30-14-12-28/h1-10H,11-14H2,(H,23,24,25). The molecule has 9 heteroatoms. The van der Waals surface area contributed by atoms with Gasteiger partial charge in [0.1, 0.15) is 0 Å². The number of nitrogens with zero attached hydrogens (tertiary/aromatic N) is 6. The van der Waals surface area contributed by atoms with Gasteiger partial charge in [0.2, 0.25) is 11.9 Å². The third kappa shape index (κ3) is 4.38. The van der Waals surface area contributed by atoms with Crippen LogP contribution in [-0.4, -0.2) is 42.2 Å². The number of morpholine rings is 1. The summed E-state index contributed by atoms with van der Waals surface area (Å²) in [5, 5.41) is 6.37. The van der Waals surface area contributed by atoms with Gasteiger partial charge < -0.3 is 15.0 Å². The normalized spacial score (nSPS) is 13.4. The van der Waals surface area contributed by atoms with E-state index in [-0.39, 0.29) is 5.56 Å². The van der Waals surface area contributed by atoms with Gasteiger partial charge in [0.25, 0.3) is 0 Å². The molecule has 2 heterocycles. The minimum Gasteiger partial charge on any atom is -0.378 e. The fraction of sp³-hybridized carbons (Fsp3) is 0.190. The molecule has 0 saturated carbocycles. The second-order valence-corrected chi connectivity index (χ2v) is 6.58. The van der Waals surface area contributed by atoms with E-state index in [9.17, 15) is 4.79 Å². The molecule has 30 heavy (non-hydrogen) atoms. The molecule has 0 atom stereocenters. The topological polar surface area (TPSA) is 116 Å². The van der Waals surface area contributed by atoms with Crippen LogP contribution in [0.2, 0.25) is 0 Å². The number of rotatable bonds is 5. The molecule has 3 aromatic rings. The van der Waals surface area contributed by atoms with Crippen molar-refractivity contribution in [2.45, 2.75) is 0 Å². The summed E-state index contributed by atoms with van der Waals surface area (Å²) in [5.41, 5.74) is 12.0. The van der Waals surface area contributed by atoms with Crippen LogP contribution in [0.5, 0.6) is 0 Å². The highest BCUT2D eigenvalue weighted by molar-refractivity contribution is 6.01. The number of carbonyl (C=O) groups excluding carboxylic acids is 1. The van der Waals surface area contributed by atoms with Gasteiger partial charge in [-0.25, -0.2) is 9.97 Å². The second-order valence-electron chi connectivity index (χ2n) is 6.58. The van der Waals surface area contributed by atoms with E-state index in [1.165, 1.54) is 0 Å². The molecule has 0 unspecified atom stereocenters. The molecule has 0 radical (unpaired) electrons. The SMILES string of the molecule is [N-]=[N+]=NC(=O)c1ccccc1-c1ccnc(Nc2ccc(N3CCOCC3)cc2)n1. The van der Waals surface area contributed by atoms with Crippen molar-refractivity contribution in [1.82, 2.24) is 9.97 Å². The van der Waals surface area contributed by atoms with Gasteiger partial charge in [-0.15, -0.1) is 0 Å². The molecule has 9 nitrogen and oxygen atoms in total. The number of hydrogen-bond donors (Lipinski definition) is 1. The maximum Gasteiger partial charge on any atom is 0.249 e. The third-order valence-corrected chi connectivity index (χ3v) is 4.72. The van der Waals surface area contributed by atoms with Crippen molar-refractivity contribution in [2.75, 3.05) is 36.5 Å². The van der Waals surface area contributed by atoms with Gasteiger partial charge >= 0.3 is 0 Å². The molecule has 1 aliphatic heterocycles. The number of ether oxygens (including phenoxy) is 1. The number of amides is 1. The Labute approximate surface area is 173 Å². The van der Waals surface area contributed by atoms with Gasteiger partial charge in [-0.05, 0) is 41.0 Å². The summed E-state index contributed by atoms with van der Waals surface area (Å²) in [7, 11) is 0. The molecule has 1 aromatic heterocycles. The Bertz CT molecular complexity index is 1090. The first-order valence-corrected chi connectivity index (χ1v) is 9.46. The van der Waals surface area contributed by atoms with Gasteiger partial charge in [0.05, 0.1) is 18.9 Å². The Kier molecular flexibility index (Phi) is 5.84. The first kappa shape index (κ1) is 19.4. The Morgan fingerprint density at radius 3 is 2.63 bits per heavy atom. The van der Waals surface area contributed by atoms with E-state index in [1.54, 1.807) is 36.5 Å². The fourth-order valence-corrected chi connectivity index (χ4v) is 3.26. The van der Waals surface area contributed by atoms with Crippen molar-refractivity contribution in [3.8, 4) is 11.3 Å². The Morgan fingerprint density at radius 2 is 1.87 bits per heavy atom. The average molecular weight is 401 g/mol. The molecule has 1 N–H and O–H groups in total. The Morgan fingerprint density at radius 1 is 1.10 bits per heavy atom. The number of azide groups is 1. The van der Waals surface area contributed by atoms with E-state index in [1.807, 2.05) is 24.3 Å². The first-order valence-electron chi connectivity index (χ1n) is 9.46. The van der Waals surface area contributed by atoms with Gasteiger partial charge in [-0.2, -0.15) is 0 Å². The highest BCUT2D eigenvalue weighted by Crippen LogP contribution is 2.25. The van der Waals surface area contributed by atoms with Crippen molar-refractivity contribution in [2.24, 2.45) is 5.11 Å². The lowest BCUT2D eigenvalue weighted by molar-refractivity contribution is 0.100. The zero-order chi connectivity index (χ0) is 20.8. The zero-order valence-electron chi connectivity index (χ0n) is 16.1. The van der Waals surface area contributed by atoms with Crippen LogP contribution < -0.4 is 10.2 Å². The van der Waals surface area contributed by atoms with E-state index in [0.717, 1.165) is 37.7 Å². The van der Waals surface area contributed by atoms with Gasteiger partial charge in [-0.1, -0.05) is 24.3 Å². The van der Waals surface area contributed by atoms with Crippen LogP contribution in [0.15, 0.2) is 65.9 Å². The lowest BCUT2D eigenvalue weighted by atomic mass is 10.0. The summed E-state index contributed by atoms with van der Waals surface area (Å²) in [5.74, 6) is -0.252. The van der Waals surface area contributed by atoms with Crippen LogP contribution in [0.25, 0.3) is 21.7 Å². The minimum absolute atomic E-state index is 0.287. The van der Waals surface area contributed by atoms with Crippen LogP contribution in [0.1, 0.15) is 10.4 Å². The minimum atomic E-state index is -0.653. The Hall–Kier alpha value is -3.94. The molecule has 0 bridgehead atoms. The van der Waals surface area contributed by atoms with Crippen molar-refractivity contribution < 1.29 is 9.53 Å². The zero-order valence-corrected chi connectivity index (χ0v) is 16.1. The average Bonchev–Trinajstić information content (AvgIpc) is 2.80. The molecule has 2 aromatic carbocycles. The molecule has 150 valence electrons. The van der Waals surface area contributed by atoms with Crippen molar-refractivity contribution in [1.29, 1.82) is 0 Å². The molecule has 1 aliphatic rings. The van der Waals surface area contributed by atoms with E-state index in [0.29, 0.717) is 17.2 Å². The van der Waals surface area contributed by atoms with Crippen LogP contribution >= 0.6 is 0 Å². The number of nitrogens with one attached hydrogen (secondary N) is 1. The lowest BCUT2D eigenvalue weighted by Crippen LogP contribution is -2.36. The van der Waals surface area contributed by atoms with Crippen LogP contribution in [0, 0.1) is 0 Å². The van der Waals surface area contributed by atoms with Crippen LogP contribution in [0.3, 0.4) is 0 Å². The number of carbonyl (C=O) groups is 1. The summed E-state index contributed by atoms with van der Waals surface area (Å²) < 4.78 is 5.39. The van der Waals surface area contributed by atoms with Gasteiger partial charge in [-0.3, -0.25) is 4.79 Å². The number of aromatic nitrogens is 2. The monoisotopic (exact) mass is 401 g/mol. The van der Waals surface area contributed by atoms with Crippen molar-refractivity contribution in [3.63, 3.8) is 0 Å². The van der Waals surface area contributed by atoms with E-state index in [2.05, 4.69) is 30.2 Å². The molecule has 1 fully saturated rings. The summed E-state index contributed by atoms with van der Waals surface area (Å²) >= 11 is 0. The Balaban J connectivity index is 1.55. The maximum atomic E-state index is 12.1. The number of benzene rings is 2. The highest BCUT2D eigenvalue weighted by Gasteiger charge is 2.13. The number of hydrogen-bond acceptors (Lipinski definition) is 6. The second kappa shape index (κ2) is 9.04. The predicted molar refractivity (Wildman–Crippen MR) is 114 cm³/mol. The quantitative estimate of drug-likeness (QED) is 0.389. The first-order chi connectivity index (χ1) is 14.7. The summed E-state index contributed by atoms with van der Waals surface area (Å²) in [4.78, 5) is 25.7. The summed E-state index contributed by atoms with van der Waals surface area (Å²) in [6, 6.07) is 16.6. The molecular formula is C21H19N7O2. The van der Waals surface area contributed by atoms with Crippen molar-refractivity contribution >= 4 is 23.2 Å². The fourth-order valence-electron chi connectivity index (χ4n) is 3.26. The number of anilines is 3. The molecular weight excluding hydrogens is 382 g/mol. The predicted octanol–water partition coefficient (Wildman–Crippen LogP) is 4.17. The molecule has 0 aliphatic carbocycles. The smallest absolute Gasteiger partial charge is 0.249 e. The summed E-state index contributed by atoms with van der Waals surface area (Å²) in [6.07, 6.45) is 1.61. The van der Waals surface area contributed by atoms with Gasteiger partial charge in [0.15, 0.2) is 0 Å².